The van der Waals surface area contributed by atoms with Crippen molar-refractivity contribution < 1.29 is 9.53 Å². The molecule has 1 heterocycles. The first kappa shape index (κ1) is 13.8. The zero-order chi connectivity index (χ0) is 13.8. The molecule has 0 radical (unpaired) electrons. The smallest absolute Gasteiger partial charge is 0.255 e. The molecule has 0 saturated carbocycles. The van der Waals surface area contributed by atoms with Gasteiger partial charge in [-0.1, -0.05) is 11.6 Å². The Bertz CT molecular complexity index is 598. The summed E-state index contributed by atoms with van der Waals surface area (Å²) in [7, 11) is 1.52. The van der Waals surface area contributed by atoms with Gasteiger partial charge in [0.2, 0.25) is 0 Å². The third kappa shape index (κ3) is 3.45. The molecule has 1 amide bonds. The third-order valence-corrected chi connectivity index (χ3v) is 3.56. The number of aromatic nitrogens is 1. The van der Waals surface area contributed by atoms with Gasteiger partial charge < -0.3 is 10.1 Å². The van der Waals surface area contributed by atoms with Crippen LogP contribution in [0.25, 0.3) is 0 Å². The molecule has 2 aromatic rings. The van der Waals surface area contributed by atoms with Crippen molar-refractivity contribution in [1.29, 1.82) is 0 Å². The van der Waals surface area contributed by atoms with Gasteiger partial charge in [0.05, 0.1) is 29.9 Å². The summed E-state index contributed by atoms with van der Waals surface area (Å²) in [5.41, 5.74) is 1.26. The number of nitrogens with zero attached hydrogens (tertiary/aromatic N) is 1. The van der Waals surface area contributed by atoms with Crippen molar-refractivity contribution in [2.75, 3.05) is 7.11 Å². The number of aryl methyl sites for hydroxylation is 1. The predicted molar refractivity (Wildman–Crippen MR) is 76.0 cm³/mol. The number of rotatable bonds is 4. The molecule has 0 aliphatic rings. The maximum absolute atomic E-state index is 12.1. The molecule has 1 aromatic heterocycles. The van der Waals surface area contributed by atoms with E-state index < -0.39 is 0 Å². The van der Waals surface area contributed by atoms with Crippen molar-refractivity contribution >= 4 is 28.8 Å². The van der Waals surface area contributed by atoms with Gasteiger partial charge in [-0.25, -0.2) is 4.98 Å². The molecule has 1 N–H and O–H groups in total. The lowest BCUT2D eigenvalue weighted by Crippen LogP contribution is -2.23. The van der Waals surface area contributed by atoms with E-state index in [1.54, 1.807) is 29.5 Å². The molecule has 2 rings (SSSR count). The summed E-state index contributed by atoms with van der Waals surface area (Å²) >= 11 is 7.45. The highest BCUT2D eigenvalue weighted by molar-refractivity contribution is 7.09. The zero-order valence-electron chi connectivity index (χ0n) is 10.6. The van der Waals surface area contributed by atoms with Crippen molar-refractivity contribution in [3.8, 4) is 5.75 Å². The highest BCUT2D eigenvalue weighted by Gasteiger charge is 2.13. The number of hydrogen-bond donors (Lipinski definition) is 1. The Kier molecular flexibility index (Phi) is 4.39. The second-order valence-electron chi connectivity index (χ2n) is 3.89. The number of hydrogen-bond acceptors (Lipinski definition) is 4. The molecule has 0 unspecified atom stereocenters. The van der Waals surface area contributed by atoms with E-state index in [4.69, 9.17) is 16.3 Å². The van der Waals surface area contributed by atoms with Gasteiger partial charge in [-0.05, 0) is 25.1 Å². The summed E-state index contributed by atoms with van der Waals surface area (Å²) < 4.78 is 5.14. The lowest BCUT2D eigenvalue weighted by molar-refractivity contribution is 0.0947. The van der Waals surface area contributed by atoms with Crippen molar-refractivity contribution in [2.24, 2.45) is 0 Å². The lowest BCUT2D eigenvalue weighted by atomic mass is 10.2. The van der Waals surface area contributed by atoms with Crippen LogP contribution in [0.2, 0.25) is 5.02 Å². The fraction of sp³-hybridized carbons (Fsp3) is 0.231. The van der Waals surface area contributed by atoms with Gasteiger partial charge in [-0.3, -0.25) is 4.79 Å². The number of ether oxygens (including phenoxy) is 1. The summed E-state index contributed by atoms with van der Waals surface area (Å²) in [5, 5.41) is 6.19. The molecule has 100 valence electrons. The Labute approximate surface area is 120 Å². The maximum Gasteiger partial charge on any atom is 0.255 e. The Morgan fingerprint density at radius 2 is 2.32 bits per heavy atom. The van der Waals surface area contributed by atoms with Crippen molar-refractivity contribution in [1.82, 2.24) is 10.3 Å². The van der Waals surface area contributed by atoms with Crippen LogP contribution in [0.15, 0.2) is 23.6 Å². The van der Waals surface area contributed by atoms with Crippen LogP contribution in [0.3, 0.4) is 0 Å². The van der Waals surface area contributed by atoms with E-state index in [0.29, 0.717) is 22.9 Å². The number of carbonyl (C=O) groups excluding carboxylic acids is 1. The molecule has 0 fully saturated rings. The average molecular weight is 297 g/mol. The lowest BCUT2D eigenvalue weighted by Gasteiger charge is -2.08. The monoisotopic (exact) mass is 296 g/mol. The van der Waals surface area contributed by atoms with Gasteiger partial charge in [0.25, 0.3) is 5.91 Å². The van der Waals surface area contributed by atoms with Gasteiger partial charge in [0.15, 0.2) is 0 Å². The summed E-state index contributed by atoms with van der Waals surface area (Å²) in [5.74, 6) is 0.265. The van der Waals surface area contributed by atoms with E-state index >= 15 is 0 Å². The van der Waals surface area contributed by atoms with E-state index in [2.05, 4.69) is 10.3 Å². The summed E-state index contributed by atoms with van der Waals surface area (Å²) in [4.78, 5) is 16.4. The fourth-order valence-electron chi connectivity index (χ4n) is 1.61. The maximum atomic E-state index is 12.1. The number of benzene rings is 1. The number of carbonyl (C=O) groups is 1. The molecule has 6 heteroatoms. The standard InChI is InChI=1S/C13H13ClN2O2S/c1-8-16-10(7-19-8)6-15-13(17)11-5-9(14)3-4-12(11)18-2/h3-5,7H,6H2,1-2H3,(H,15,17). The van der Waals surface area contributed by atoms with Crippen molar-refractivity contribution in [3.63, 3.8) is 0 Å². The molecule has 1 aromatic carbocycles. The molecular weight excluding hydrogens is 284 g/mol. The van der Waals surface area contributed by atoms with Crippen molar-refractivity contribution in [3.05, 3.63) is 44.9 Å². The molecular formula is C13H13ClN2O2S. The molecule has 0 spiro atoms. The van der Waals surface area contributed by atoms with Crippen LogP contribution in [-0.4, -0.2) is 18.0 Å². The largest absolute Gasteiger partial charge is 0.496 e. The summed E-state index contributed by atoms with van der Waals surface area (Å²) in [6, 6.07) is 4.94. The minimum atomic E-state index is -0.231. The number of nitrogens with one attached hydrogen (secondary N) is 1. The van der Waals surface area contributed by atoms with Crippen molar-refractivity contribution in [2.45, 2.75) is 13.5 Å². The molecule has 0 atom stereocenters. The number of thiazole rings is 1. The van der Waals surface area contributed by atoms with Crippen LogP contribution in [0.4, 0.5) is 0 Å². The van der Waals surface area contributed by atoms with E-state index in [0.717, 1.165) is 10.7 Å². The minimum absolute atomic E-state index is 0.231. The highest BCUT2D eigenvalue weighted by Crippen LogP contribution is 2.22. The van der Waals surface area contributed by atoms with Crippen LogP contribution >= 0.6 is 22.9 Å². The second kappa shape index (κ2) is 6.04. The average Bonchev–Trinajstić information content (AvgIpc) is 2.81. The van der Waals surface area contributed by atoms with Crippen LogP contribution in [0.1, 0.15) is 21.1 Å². The van der Waals surface area contributed by atoms with E-state index in [9.17, 15) is 4.79 Å². The molecule has 0 aliphatic heterocycles. The van der Waals surface area contributed by atoms with Crippen LogP contribution in [-0.2, 0) is 6.54 Å². The highest BCUT2D eigenvalue weighted by atomic mass is 35.5. The van der Waals surface area contributed by atoms with E-state index in [-0.39, 0.29) is 5.91 Å². The fourth-order valence-corrected chi connectivity index (χ4v) is 2.40. The third-order valence-electron chi connectivity index (χ3n) is 2.50. The van der Waals surface area contributed by atoms with Gasteiger partial charge in [0, 0.05) is 10.4 Å². The predicted octanol–water partition coefficient (Wildman–Crippen LogP) is 3.04. The molecule has 0 bridgehead atoms. The molecule has 0 aliphatic carbocycles. The number of methoxy groups -OCH3 is 1. The minimum Gasteiger partial charge on any atom is -0.496 e. The molecule has 0 saturated heterocycles. The Hall–Kier alpha value is -1.59. The first-order valence-corrected chi connectivity index (χ1v) is 6.88. The summed E-state index contributed by atoms with van der Waals surface area (Å²) in [6.07, 6.45) is 0. The van der Waals surface area contributed by atoms with Crippen LogP contribution in [0, 0.1) is 6.92 Å². The van der Waals surface area contributed by atoms with E-state index in [1.165, 1.54) is 7.11 Å². The van der Waals surface area contributed by atoms with Gasteiger partial charge in [-0.2, -0.15) is 0 Å². The second-order valence-corrected chi connectivity index (χ2v) is 5.38. The summed E-state index contributed by atoms with van der Waals surface area (Å²) in [6.45, 7) is 2.31. The Morgan fingerprint density at radius 1 is 1.53 bits per heavy atom. The normalized spacial score (nSPS) is 10.3. The number of halogens is 1. The first-order valence-electron chi connectivity index (χ1n) is 5.63. The Balaban J connectivity index is 2.09. The zero-order valence-corrected chi connectivity index (χ0v) is 12.1. The quantitative estimate of drug-likeness (QED) is 0.943. The van der Waals surface area contributed by atoms with E-state index in [1.807, 2.05) is 12.3 Å². The molecule has 19 heavy (non-hydrogen) atoms. The molecule has 4 nitrogen and oxygen atoms in total. The topological polar surface area (TPSA) is 51.2 Å². The Morgan fingerprint density at radius 3 is 2.95 bits per heavy atom. The number of amides is 1. The van der Waals surface area contributed by atoms with Crippen LogP contribution < -0.4 is 10.1 Å². The van der Waals surface area contributed by atoms with Gasteiger partial charge >= 0.3 is 0 Å². The van der Waals surface area contributed by atoms with Gasteiger partial charge in [0.1, 0.15) is 5.75 Å². The van der Waals surface area contributed by atoms with Gasteiger partial charge in [-0.15, -0.1) is 11.3 Å². The first-order chi connectivity index (χ1) is 9.10. The SMILES string of the molecule is COc1ccc(Cl)cc1C(=O)NCc1csc(C)n1. The van der Waals surface area contributed by atoms with Crippen LogP contribution in [0.5, 0.6) is 5.75 Å².